The molecule has 0 fully saturated rings. The van der Waals surface area contributed by atoms with Crippen molar-refractivity contribution in [3.05, 3.63) is 47.2 Å². The molecule has 0 saturated carbocycles. The van der Waals surface area contributed by atoms with Crippen molar-refractivity contribution in [2.75, 3.05) is 12.4 Å². The fourth-order valence-electron chi connectivity index (χ4n) is 2.96. The molecular weight excluding hydrogens is 302 g/mol. The van der Waals surface area contributed by atoms with E-state index in [1.807, 2.05) is 24.3 Å². The molecule has 5 heteroatoms. The number of carbonyl (C=O) groups is 1. The predicted molar refractivity (Wildman–Crippen MR) is 91.7 cm³/mol. The van der Waals surface area contributed by atoms with Gasteiger partial charge in [-0.1, -0.05) is 13.8 Å². The van der Waals surface area contributed by atoms with Crippen LogP contribution in [0.1, 0.15) is 41.9 Å². The third-order valence-electron chi connectivity index (χ3n) is 4.16. The summed E-state index contributed by atoms with van der Waals surface area (Å²) < 4.78 is 5.14. The average molecular weight is 321 g/mol. The Balaban J connectivity index is 1.98. The highest BCUT2D eigenvalue weighted by Crippen LogP contribution is 2.35. The van der Waals surface area contributed by atoms with Crippen molar-refractivity contribution >= 4 is 17.3 Å². The van der Waals surface area contributed by atoms with E-state index in [4.69, 9.17) is 4.74 Å². The van der Waals surface area contributed by atoms with Crippen molar-refractivity contribution in [3.63, 3.8) is 0 Å². The molecule has 0 unspecified atom stereocenters. The summed E-state index contributed by atoms with van der Waals surface area (Å²) in [6.45, 7) is 4.12. The molecule has 1 aliphatic carbocycles. The number of hydrogen-bond acceptors (Lipinski definition) is 5. The van der Waals surface area contributed by atoms with E-state index in [-0.39, 0.29) is 11.2 Å². The zero-order valence-corrected chi connectivity index (χ0v) is 14.0. The fourth-order valence-corrected chi connectivity index (χ4v) is 2.96. The highest BCUT2D eigenvalue weighted by Gasteiger charge is 2.32. The Kier molecular flexibility index (Phi) is 3.98. The van der Waals surface area contributed by atoms with Crippen LogP contribution < -0.4 is 10.1 Å². The van der Waals surface area contributed by atoms with Crippen LogP contribution in [0.15, 0.2) is 30.3 Å². The van der Waals surface area contributed by atoms with E-state index in [9.17, 15) is 10.1 Å². The number of methoxy groups -OCH3 is 1. The Labute approximate surface area is 141 Å². The maximum atomic E-state index is 12.3. The van der Waals surface area contributed by atoms with Crippen LogP contribution in [-0.2, 0) is 6.42 Å². The topological polar surface area (TPSA) is 75.0 Å². The smallest absolute Gasteiger partial charge is 0.165 e. The zero-order chi connectivity index (χ0) is 17.3. The molecule has 0 atom stereocenters. The summed E-state index contributed by atoms with van der Waals surface area (Å²) >= 11 is 0. The second-order valence-electron chi connectivity index (χ2n) is 6.79. The Morgan fingerprint density at radius 2 is 1.96 bits per heavy atom. The van der Waals surface area contributed by atoms with Crippen molar-refractivity contribution in [3.8, 4) is 11.8 Å². The van der Waals surface area contributed by atoms with E-state index in [1.165, 1.54) is 0 Å². The molecule has 0 radical (unpaired) electrons. The molecule has 0 amide bonds. The lowest BCUT2D eigenvalue weighted by atomic mass is 9.75. The summed E-state index contributed by atoms with van der Waals surface area (Å²) in [4.78, 5) is 16.9. The van der Waals surface area contributed by atoms with E-state index in [2.05, 4.69) is 30.2 Å². The number of anilines is 2. The van der Waals surface area contributed by atoms with Gasteiger partial charge in [-0.25, -0.2) is 4.98 Å². The number of nitriles is 1. The maximum absolute atomic E-state index is 12.3. The van der Waals surface area contributed by atoms with Crippen LogP contribution in [0.2, 0.25) is 0 Å². The number of nitrogens with one attached hydrogen (secondary N) is 1. The van der Waals surface area contributed by atoms with E-state index in [0.717, 1.165) is 23.6 Å². The predicted octanol–water partition coefficient (Wildman–Crippen LogP) is 3.86. The molecule has 1 aliphatic rings. The SMILES string of the molecule is COc1ccc(Nc2nc3c(cc2C#N)C(=O)CC(C)(C)C3)cc1. The molecule has 0 aliphatic heterocycles. The van der Waals surface area contributed by atoms with E-state index < -0.39 is 0 Å². The lowest BCUT2D eigenvalue weighted by Gasteiger charge is -2.29. The van der Waals surface area contributed by atoms with Crippen molar-refractivity contribution in [2.45, 2.75) is 26.7 Å². The van der Waals surface area contributed by atoms with Crippen LogP contribution in [0.4, 0.5) is 11.5 Å². The summed E-state index contributed by atoms with van der Waals surface area (Å²) in [5.74, 6) is 1.29. The molecule has 0 bridgehead atoms. The molecular formula is C19H19N3O2. The minimum absolute atomic E-state index is 0.0567. The maximum Gasteiger partial charge on any atom is 0.165 e. The minimum Gasteiger partial charge on any atom is -0.497 e. The van der Waals surface area contributed by atoms with Crippen LogP contribution >= 0.6 is 0 Å². The standard InChI is InChI=1S/C19H19N3O2/c1-19(2)9-16-15(17(23)10-19)8-12(11-20)18(22-16)21-13-4-6-14(24-3)7-5-13/h4-8H,9-10H2,1-3H3,(H,21,22). The van der Waals surface area contributed by atoms with E-state index >= 15 is 0 Å². The zero-order valence-electron chi connectivity index (χ0n) is 14.0. The molecule has 0 saturated heterocycles. The highest BCUT2D eigenvalue weighted by atomic mass is 16.5. The quantitative estimate of drug-likeness (QED) is 0.929. The minimum atomic E-state index is -0.109. The fraction of sp³-hybridized carbons (Fsp3) is 0.316. The number of pyridine rings is 1. The lowest BCUT2D eigenvalue weighted by molar-refractivity contribution is 0.0910. The van der Waals surface area contributed by atoms with Gasteiger partial charge in [0.05, 0.1) is 18.4 Å². The van der Waals surface area contributed by atoms with Crippen LogP contribution in [0.25, 0.3) is 0 Å². The molecule has 0 spiro atoms. The molecule has 1 aromatic carbocycles. The molecule has 122 valence electrons. The summed E-state index contributed by atoms with van der Waals surface area (Å²) in [5, 5.41) is 12.6. The number of hydrogen-bond donors (Lipinski definition) is 1. The van der Waals surface area contributed by atoms with Gasteiger partial charge in [0, 0.05) is 17.7 Å². The van der Waals surface area contributed by atoms with Gasteiger partial charge in [-0.3, -0.25) is 4.79 Å². The van der Waals surface area contributed by atoms with Crippen LogP contribution in [0, 0.1) is 16.7 Å². The monoisotopic (exact) mass is 321 g/mol. The number of aromatic nitrogens is 1. The second-order valence-corrected chi connectivity index (χ2v) is 6.79. The largest absolute Gasteiger partial charge is 0.497 e. The Morgan fingerprint density at radius 3 is 2.58 bits per heavy atom. The molecule has 1 N–H and O–H groups in total. The first-order valence-electron chi connectivity index (χ1n) is 7.80. The second kappa shape index (κ2) is 5.97. The van der Waals surface area contributed by atoms with Gasteiger partial charge in [0.1, 0.15) is 17.6 Å². The third kappa shape index (κ3) is 3.09. The van der Waals surface area contributed by atoms with Crippen LogP contribution in [0.5, 0.6) is 5.75 Å². The molecule has 1 heterocycles. The van der Waals surface area contributed by atoms with Gasteiger partial charge >= 0.3 is 0 Å². The third-order valence-corrected chi connectivity index (χ3v) is 4.16. The molecule has 1 aromatic heterocycles. The first-order chi connectivity index (χ1) is 11.4. The number of benzene rings is 1. The Bertz CT molecular complexity index is 833. The van der Waals surface area contributed by atoms with Gasteiger partial charge in [-0.05, 0) is 42.2 Å². The Hall–Kier alpha value is -2.87. The summed E-state index contributed by atoms with van der Waals surface area (Å²) in [5.41, 5.74) is 2.40. The van der Waals surface area contributed by atoms with Crippen molar-refractivity contribution < 1.29 is 9.53 Å². The average Bonchev–Trinajstić information content (AvgIpc) is 2.54. The van der Waals surface area contributed by atoms with Crippen molar-refractivity contribution in [2.24, 2.45) is 5.41 Å². The first kappa shape index (κ1) is 16.0. The van der Waals surface area contributed by atoms with Crippen LogP contribution in [0.3, 0.4) is 0 Å². The van der Waals surface area contributed by atoms with Gasteiger partial charge in [0.15, 0.2) is 5.78 Å². The van der Waals surface area contributed by atoms with Crippen molar-refractivity contribution in [1.82, 2.24) is 4.98 Å². The normalized spacial score (nSPS) is 15.3. The lowest BCUT2D eigenvalue weighted by Crippen LogP contribution is -2.28. The number of Topliss-reactive ketones (excluding diaryl/α,β-unsaturated/α-hetero) is 1. The van der Waals surface area contributed by atoms with E-state index in [0.29, 0.717) is 23.4 Å². The van der Waals surface area contributed by atoms with Gasteiger partial charge in [0.2, 0.25) is 0 Å². The van der Waals surface area contributed by atoms with Gasteiger partial charge < -0.3 is 10.1 Å². The molecule has 5 nitrogen and oxygen atoms in total. The van der Waals surface area contributed by atoms with Crippen molar-refractivity contribution in [1.29, 1.82) is 5.26 Å². The summed E-state index contributed by atoms with van der Waals surface area (Å²) in [6, 6.07) is 11.2. The number of ether oxygens (including phenoxy) is 1. The number of fused-ring (bicyclic) bond motifs is 1. The van der Waals surface area contributed by atoms with E-state index in [1.54, 1.807) is 13.2 Å². The van der Waals surface area contributed by atoms with Gasteiger partial charge in [-0.15, -0.1) is 0 Å². The number of ketones is 1. The number of carbonyl (C=O) groups excluding carboxylic acids is 1. The summed E-state index contributed by atoms with van der Waals surface area (Å²) in [6.07, 6.45) is 1.20. The molecule has 24 heavy (non-hydrogen) atoms. The van der Waals surface area contributed by atoms with Gasteiger partial charge in [0.25, 0.3) is 0 Å². The number of rotatable bonds is 3. The first-order valence-corrected chi connectivity index (χ1v) is 7.80. The molecule has 3 rings (SSSR count). The Morgan fingerprint density at radius 1 is 1.25 bits per heavy atom. The molecule has 2 aromatic rings. The van der Waals surface area contributed by atoms with Gasteiger partial charge in [-0.2, -0.15) is 5.26 Å². The van der Waals surface area contributed by atoms with Crippen LogP contribution in [-0.4, -0.2) is 17.9 Å². The number of nitrogens with zero attached hydrogens (tertiary/aromatic N) is 2. The summed E-state index contributed by atoms with van der Waals surface area (Å²) in [7, 11) is 1.61. The highest BCUT2D eigenvalue weighted by molar-refractivity contribution is 5.99.